The van der Waals surface area contributed by atoms with Gasteiger partial charge in [-0.15, -0.1) is 0 Å². The molecule has 0 bridgehead atoms. The SMILES string of the molecule is CC(N(C)Cc1cccc(N)n1)C(C)(C)C. The van der Waals surface area contributed by atoms with Crippen molar-refractivity contribution in [2.45, 2.75) is 40.3 Å². The summed E-state index contributed by atoms with van der Waals surface area (Å²) < 4.78 is 0. The molecule has 0 saturated carbocycles. The Morgan fingerprint density at radius 1 is 1.38 bits per heavy atom. The second-order valence-electron chi connectivity index (χ2n) is 5.51. The van der Waals surface area contributed by atoms with E-state index in [0.717, 1.165) is 12.2 Å². The standard InChI is InChI=1S/C13H23N3/c1-10(13(2,3)4)16(5)9-11-7-6-8-12(14)15-11/h6-8,10H,9H2,1-5H3,(H2,14,15). The van der Waals surface area contributed by atoms with Gasteiger partial charge in [-0.1, -0.05) is 26.8 Å². The molecule has 1 rings (SSSR count). The van der Waals surface area contributed by atoms with Gasteiger partial charge >= 0.3 is 0 Å². The second kappa shape index (κ2) is 4.83. The highest BCUT2D eigenvalue weighted by Crippen LogP contribution is 2.23. The molecule has 0 fully saturated rings. The van der Waals surface area contributed by atoms with E-state index in [1.165, 1.54) is 0 Å². The molecule has 1 atom stereocenters. The van der Waals surface area contributed by atoms with Gasteiger partial charge in [0.15, 0.2) is 0 Å². The van der Waals surface area contributed by atoms with Crippen LogP contribution in [0.25, 0.3) is 0 Å². The van der Waals surface area contributed by atoms with Crippen molar-refractivity contribution in [2.24, 2.45) is 5.41 Å². The highest BCUT2D eigenvalue weighted by Gasteiger charge is 2.23. The highest BCUT2D eigenvalue weighted by atomic mass is 15.1. The first-order valence-electron chi connectivity index (χ1n) is 5.72. The van der Waals surface area contributed by atoms with Gasteiger partial charge in [-0.05, 0) is 31.5 Å². The molecule has 0 aliphatic rings. The van der Waals surface area contributed by atoms with E-state index in [-0.39, 0.29) is 5.41 Å². The minimum absolute atomic E-state index is 0.273. The Hall–Kier alpha value is -1.09. The van der Waals surface area contributed by atoms with Gasteiger partial charge in [0.05, 0.1) is 5.69 Å². The van der Waals surface area contributed by atoms with Crippen LogP contribution in [0.1, 0.15) is 33.4 Å². The topological polar surface area (TPSA) is 42.1 Å². The number of nitrogen functional groups attached to an aromatic ring is 1. The lowest BCUT2D eigenvalue weighted by molar-refractivity contribution is 0.133. The van der Waals surface area contributed by atoms with E-state index in [1.807, 2.05) is 18.2 Å². The molecule has 1 heterocycles. The van der Waals surface area contributed by atoms with Gasteiger partial charge in [0, 0.05) is 12.6 Å². The van der Waals surface area contributed by atoms with Gasteiger partial charge in [-0.3, -0.25) is 4.90 Å². The lowest BCUT2D eigenvalue weighted by Crippen LogP contribution is -2.38. The van der Waals surface area contributed by atoms with Crippen LogP contribution in [0.4, 0.5) is 5.82 Å². The average Bonchev–Trinajstić information content (AvgIpc) is 2.15. The zero-order valence-electron chi connectivity index (χ0n) is 11.0. The van der Waals surface area contributed by atoms with Crippen molar-refractivity contribution in [1.82, 2.24) is 9.88 Å². The first kappa shape index (κ1) is 13.0. The first-order chi connectivity index (χ1) is 7.30. The number of nitrogens with zero attached hydrogens (tertiary/aromatic N) is 2. The summed E-state index contributed by atoms with van der Waals surface area (Å²) >= 11 is 0. The maximum atomic E-state index is 5.67. The smallest absolute Gasteiger partial charge is 0.123 e. The van der Waals surface area contributed by atoms with Crippen LogP contribution in [-0.4, -0.2) is 23.0 Å². The third-order valence-corrected chi connectivity index (χ3v) is 3.15. The van der Waals surface area contributed by atoms with E-state index >= 15 is 0 Å². The van der Waals surface area contributed by atoms with E-state index in [1.54, 1.807) is 0 Å². The van der Waals surface area contributed by atoms with Crippen molar-refractivity contribution >= 4 is 5.82 Å². The Morgan fingerprint density at radius 2 is 2.00 bits per heavy atom. The summed E-state index contributed by atoms with van der Waals surface area (Å²) in [5, 5.41) is 0. The number of nitrogens with two attached hydrogens (primary N) is 1. The monoisotopic (exact) mass is 221 g/mol. The maximum absolute atomic E-state index is 5.67. The van der Waals surface area contributed by atoms with Crippen molar-refractivity contribution in [1.29, 1.82) is 0 Å². The van der Waals surface area contributed by atoms with Crippen LogP contribution in [0.15, 0.2) is 18.2 Å². The van der Waals surface area contributed by atoms with Crippen LogP contribution < -0.4 is 5.73 Å². The van der Waals surface area contributed by atoms with Gasteiger partial charge in [-0.25, -0.2) is 4.98 Å². The molecule has 1 aromatic heterocycles. The van der Waals surface area contributed by atoms with Crippen LogP contribution in [0.3, 0.4) is 0 Å². The molecule has 0 aliphatic heterocycles. The Morgan fingerprint density at radius 3 is 2.50 bits per heavy atom. The molecule has 0 spiro atoms. The Bertz CT molecular complexity index is 341. The van der Waals surface area contributed by atoms with Gasteiger partial charge in [-0.2, -0.15) is 0 Å². The average molecular weight is 221 g/mol. The predicted octanol–water partition coefficient (Wildman–Crippen LogP) is 2.53. The molecule has 0 saturated heterocycles. The molecule has 90 valence electrons. The molecule has 2 N–H and O–H groups in total. The van der Waals surface area contributed by atoms with Crippen molar-refractivity contribution < 1.29 is 0 Å². The van der Waals surface area contributed by atoms with Crippen LogP contribution >= 0.6 is 0 Å². The van der Waals surface area contributed by atoms with Crippen molar-refractivity contribution in [2.75, 3.05) is 12.8 Å². The number of aromatic nitrogens is 1. The number of anilines is 1. The normalized spacial score (nSPS) is 14.1. The van der Waals surface area contributed by atoms with E-state index < -0.39 is 0 Å². The molecule has 1 unspecified atom stereocenters. The van der Waals surface area contributed by atoms with Crippen LogP contribution in [0.5, 0.6) is 0 Å². The van der Waals surface area contributed by atoms with E-state index in [0.29, 0.717) is 11.9 Å². The fourth-order valence-corrected chi connectivity index (χ4v) is 1.64. The van der Waals surface area contributed by atoms with Gasteiger partial charge in [0.2, 0.25) is 0 Å². The maximum Gasteiger partial charge on any atom is 0.123 e. The lowest BCUT2D eigenvalue weighted by atomic mass is 9.87. The molecule has 16 heavy (non-hydrogen) atoms. The number of hydrogen-bond acceptors (Lipinski definition) is 3. The fourth-order valence-electron chi connectivity index (χ4n) is 1.64. The summed E-state index contributed by atoms with van der Waals surface area (Å²) in [6.07, 6.45) is 0. The van der Waals surface area contributed by atoms with Gasteiger partial charge in [0.25, 0.3) is 0 Å². The molecular weight excluding hydrogens is 198 g/mol. The summed E-state index contributed by atoms with van der Waals surface area (Å²) in [4.78, 5) is 6.62. The quantitative estimate of drug-likeness (QED) is 0.853. The van der Waals surface area contributed by atoms with Crippen molar-refractivity contribution in [3.8, 4) is 0 Å². The molecular formula is C13H23N3. The van der Waals surface area contributed by atoms with Crippen molar-refractivity contribution in [3.63, 3.8) is 0 Å². The summed E-state index contributed by atoms with van der Waals surface area (Å²) in [5.41, 5.74) is 6.97. The Labute approximate surface area is 98.7 Å². The van der Waals surface area contributed by atoms with E-state index in [4.69, 9.17) is 5.73 Å². The zero-order chi connectivity index (χ0) is 12.3. The molecule has 3 nitrogen and oxygen atoms in total. The van der Waals surface area contributed by atoms with Crippen molar-refractivity contribution in [3.05, 3.63) is 23.9 Å². The highest BCUT2D eigenvalue weighted by molar-refractivity contribution is 5.28. The van der Waals surface area contributed by atoms with E-state index in [9.17, 15) is 0 Å². The fraction of sp³-hybridized carbons (Fsp3) is 0.615. The number of rotatable bonds is 3. The third kappa shape index (κ3) is 3.49. The molecule has 3 heteroatoms. The minimum atomic E-state index is 0.273. The third-order valence-electron chi connectivity index (χ3n) is 3.15. The lowest BCUT2D eigenvalue weighted by Gasteiger charge is -2.35. The predicted molar refractivity (Wildman–Crippen MR) is 69.0 cm³/mol. The Kier molecular flexibility index (Phi) is 3.92. The summed E-state index contributed by atoms with van der Waals surface area (Å²) in [5.74, 6) is 0.592. The zero-order valence-corrected chi connectivity index (χ0v) is 11.0. The first-order valence-corrected chi connectivity index (χ1v) is 5.72. The summed E-state index contributed by atoms with van der Waals surface area (Å²) in [7, 11) is 2.13. The van der Waals surface area contributed by atoms with Crippen LogP contribution in [0, 0.1) is 5.41 Å². The second-order valence-corrected chi connectivity index (χ2v) is 5.51. The molecule has 0 radical (unpaired) electrons. The van der Waals surface area contributed by atoms with E-state index in [2.05, 4.69) is 44.6 Å². The summed E-state index contributed by atoms with van der Waals surface area (Å²) in [6.45, 7) is 9.83. The molecule has 0 amide bonds. The Balaban J connectivity index is 2.68. The van der Waals surface area contributed by atoms with Crippen LogP contribution in [-0.2, 0) is 6.54 Å². The largest absolute Gasteiger partial charge is 0.384 e. The van der Waals surface area contributed by atoms with Gasteiger partial charge in [0.1, 0.15) is 5.82 Å². The summed E-state index contributed by atoms with van der Waals surface area (Å²) in [6, 6.07) is 6.28. The molecule has 0 aliphatic carbocycles. The minimum Gasteiger partial charge on any atom is -0.384 e. The van der Waals surface area contributed by atoms with Crippen LogP contribution in [0.2, 0.25) is 0 Å². The number of hydrogen-bond donors (Lipinski definition) is 1. The molecule has 0 aromatic carbocycles. The number of pyridine rings is 1. The molecule has 1 aromatic rings. The van der Waals surface area contributed by atoms with Gasteiger partial charge < -0.3 is 5.73 Å².